The highest BCUT2D eigenvalue weighted by Crippen LogP contribution is 2.14. The van der Waals surface area contributed by atoms with Gasteiger partial charge in [0.15, 0.2) is 0 Å². The molecule has 2 rings (SSSR count). The second-order valence-corrected chi connectivity index (χ2v) is 4.88. The van der Waals surface area contributed by atoms with Crippen LogP contribution in [0.4, 0.5) is 11.4 Å². The van der Waals surface area contributed by atoms with Crippen molar-refractivity contribution in [3.8, 4) is 6.07 Å². The van der Waals surface area contributed by atoms with E-state index in [0.29, 0.717) is 17.1 Å². The lowest BCUT2D eigenvalue weighted by Crippen LogP contribution is -2.21. The third-order valence-electron chi connectivity index (χ3n) is 2.80. The van der Waals surface area contributed by atoms with Crippen LogP contribution in [0.3, 0.4) is 0 Å². The molecule has 2 aromatic carbocycles. The third kappa shape index (κ3) is 4.83. The van der Waals surface area contributed by atoms with Crippen molar-refractivity contribution in [2.75, 3.05) is 17.2 Å². The third-order valence-corrected chi connectivity index (χ3v) is 3.03. The first kappa shape index (κ1) is 14.9. The summed E-state index contributed by atoms with van der Waals surface area (Å²) in [4.78, 5) is 11.8. The van der Waals surface area contributed by atoms with Crippen molar-refractivity contribution >= 4 is 28.9 Å². The molecule has 2 aromatic rings. The number of nitrogens with one attached hydrogen (secondary N) is 2. The van der Waals surface area contributed by atoms with Crippen molar-refractivity contribution in [3.63, 3.8) is 0 Å². The summed E-state index contributed by atoms with van der Waals surface area (Å²) in [6.07, 6.45) is 0.366. The Bertz CT molecular complexity index is 662. The Morgan fingerprint density at radius 3 is 2.57 bits per heavy atom. The Morgan fingerprint density at radius 2 is 1.90 bits per heavy atom. The predicted molar refractivity (Wildman–Crippen MR) is 84.3 cm³/mol. The highest BCUT2D eigenvalue weighted by atomic mass is 35.5. The zero-order chi connectivity index (χ0) is 15.1. The quantitative estimate of drug-likeness (QED) is 0.888. The van der Waals surface area contributed by atoms with Gasteiger partial charge in [-0.05, 0) is 35.9 Å². The lowest BCUT2D eigenvalue weighted by molar-refractivity contribution is -0.114. The lowest BCUT2D eigenvalue weighted by atomic mass is 10.1. The fraction of sp³-hybridized carbons (Fsp3) is 0.125. The molecule has 0 aromatic heterocycles. The van der Waals surface area contributed by atoms with Gasteiger partial charge in [-0.3, -0.25) is 4.79 Å². The van der Waals surface area contributed by atoms with E-state index in [-0.39, 0.29) is 12.5 Å². The molecule has 0 fully saturated rings. The van der Waals surface area contributed by atoms with Gasteiger partial charge in [-0.25, -0.2) is 0 Å². The topological polar surface area (TPSA) is 64.9 Å². The lowest BCUT2D eigenvalue weighted by Gasteiger charge is -2.08. The van der Waals surface area contributed by atoms with Gasteiger partial charge in [0.05, 0.1) is 19.0 Å². The Labute approximate surface area is 128 Å². The molecule has 4 nitrogen and oxygen atoms in total. The minimum atomic E-state index is -0.150. The van der Waals surface area contributed by atoms with Crippen molar-refractivity contribution < 1.29 is 4.79 Å². The molecule has 0 aliphatic rings. The van der Waals surface area contributed by atoms with Gasteiger partial charge in [0, 0.05) is 16.4 Å². The smallest absolute Gasteiger partial charge is 0.243 e. The van der Waals surface area contributed by atoms with E-state index in [1.807, 2.05) is 24.3 Å². The van der Waals surface area contributed by atoms with Crippen LogP contribution < -0.4 is 10.6 Å². The molecule has 1 amide bonds. The number of nitriles is 1. The molecule has 0 radical (unpaired) electrons. The van der Waals surface area contributed by atoms with Gasteiger partial charge >= 0.3 is 0 Å². The first-order chi connectivity index (χ1) is 10.2. The van der Waals surface area contributed by atoms with Crippen molar-refractivity contribution in [1.82, 2.24) is 0 Å². The number of anilines is 2. The molecule has 0 spiro atoms. The molecule has 106 valence electrons. The molecule has 0 saturated heterocycles. The van der Waals surface area contributed by atoms with Crippen molar-refractivity contribution in [3.05, 3.63) is 59.1 Å². The summed E-state index contributed by atoms with van der Waals surface area (Å²) in [7, 11) is 0. The summed E-state index contributed by atoms with van der Waals surface area (Å²) in [5.74, 6) is -0.150. The summed E-state index contributed by atoms with van der Waals surface area (Å²) >= 11 is 5.87. The van der Waals surface area contributed by atoms with E-state index in [1.165, 1.54) is 0 Å². The van der Waals surface area contributed by atoms with Gasteiger partial charge in [-0.2, -0.15) is 5.26 Å². The highest BCUT2D eigenvalue weighted by molar-refractivity contribution is 6.30. The van der Waals surface area contributed by atoms with E-state index in [2.05, 4.69) is 16.7 Å². The van der Waals surface area contributed by atoms with Gasteiger partial charge in [0.2, 0.25) is 5.91 Å². The number of benzene rings is 2. The van der Waals surface area contributed by atoms with E-state index in [1.54, 1.807) is 24.3 Å². The standard InChI is InChI=1S/C16H14ClN3O/c17-13-2-1-3-15(10-13)19-11-16(21)20-14-6-4-12(5-7-14)8-9-18/h1-7,10,19H,8,11H2,(H,20,21). The molecule has 0 aliphatic heterocycles. The monoisotopic (exact) mass is 299 g/mol. The minimum absolute atomic E-state index is 0.150. The first-order valence-electron chi connectivity index (χ1n) is 6.42. The van der Waals surface area contributed by atoms with Crippen LogP contribution in [-0.4, -0.2) is 12.5 Å². The van der Waals surface area contributed by atoms with Crippen LogP contribution in [0.2, 0.25) is 5.02 Å². The molecular weight excluding hydrogens is 286 g/mol. The summed E-state index contributed by atoms with van der Waals surface area (Å²) in [5, 5.41) is 15.0. The molecule has 5 heteroatoms. The Morgan fingerprint density at radius 1 is 1.14 bits per heavy atom. The van der Waals surface area contributed by atoms with E-state index < -0.39 is 0 Å². The second kappa shape index (κ2) is 7.32. The summed E-state index contributed by atoms with van der Waals surface area (Å²) < 4.78 is 0. The van der Waals surface area contributed by atoms with Crippen LogP contribution in [0.15, 0.2) is 48.5 Å². The van der Waals surface area contributed by atoms with Crippen LogP contribution in [-0.2, 0) is 11.2 Å². The maximum atomic E-state index is 11.8. The molecular formula is C16H14ClN3O. The number of carbonyl (C=O) groups is 1. The van der Waals surface area contributed by atoms with E-state index in [9.17, 15) is 4.79 Å². The van der Waals surface area contributed by atoms with Crippen LogP contribution in [0, 0.1) is 11.3 Å². The van der Waals surface area contributed by atoms with Crippen molar-refractivity contribution in [2.24, 2.45) is 0 Å². The van der Waals surface area contributed by atoms with Crippen molar-refractivity contribution in [2.45, 2.75) is 6.42 Å². The van der Waals surface area contributed by atoms with E-state index in [4.69, 9.17) is 16.9 Å². The molecule has 0 unspecified atom stereocenters. The largest absolute Gasteiger partial charge is 0.376 e. The maximum Gasteiger partial charge on any atom is 0.243 e. The maximum absolute atomic E-state index is 11.8. The van der Waals surface area contributed by atoms with Gasteiger partial charge < -0.3 is 10.6 Å². The Balaban J connectivity index is 1.85. The molecule has 2 N–H and O–H groups in total. The number of rotatable bonds is 5. The summed E-state index contributed by atoms with van der Waals surface area (Å²) in [5.41, 5.74) is 2.42. The molecule has 0 aliphatic carbocycles. The number of hydrogen-bond donors (Lipinski definition) is 2. The second-order valence-electron chi connectivity index (χ2n) is 4.44. The fourth-order valence-electron chi connectivity index (χ4n) is 1.78. The molecule has 0 atom stereocenters. The van der Waals surface area contributed by atoms with E-state index >= 15 is 0 Å². The number of carbonyl (C=O) groups excluding carboxylic acids is 1. The Hall–Kier alpha value is -2.51. The van der Waals surface area contributed by atoms with Crippen LogP contribution in [0.25, 0.3) is 0 Å². The first-order valence-corrected chi connectivity index (χ1v) is 6.80. The molecule has 0 saturated carbocycles. The molecule has 0 bridgehead atoms. The van der Waals surface area contributed by atoms with Crippen molar-refractivity contribution in [1.29, 1.82) is 5.26 Å². The average molecular weight is 300 g/mol. The average Bonchev–Trinajstić information content (AvgIpc) is 2.48. The van der Waals surface area contributed by atoms with Crippen LogP contribution in [0.5, 0.6) is 0 Å². The van der Waals surface area contributed by atoms with E-state index in [0.717, 1.165) is 11.3 Å². The number of hydrogen-bond acceptors (Lipinski definition) is 3. The molecule has 0 heterocycles. The highest BCUT2D eigenvalue weighted by Gasteiger charge is 2.03. The van der Waals surface area contributed by atoms with Gasteiger partial charge in [0.25, 0.3) is 0 Å². The van der Waals surface area contributed by atoms with Gasteiger partial charge in [-0.1, -0.05) is 29.8 Å². The number of halogens is 1. The Kier molecular flexibility index (Phi) is 5.19. The zero-order valence-corrected chi connectivity index (χ0v) is 12.0. The zero-order valence-electron chi connectivity index (χ0n) is 11.3. The van der Waals surface area contributed by atoms with Crippen LogP contribution in [0.1, 0.15) is 5.56 Å². The minimum Gasteiger partial charge on any atom is -0.376 e. The number of nitrogens with zero attached hydrogens (tertiary/aromatic N) is 1. The van der Waals surface area contributed by atoms with Gasteiger partial charge in [0.1, 0.15) is 0 Å². The predicted octanol–water partition coefficient (Wildman–Crippen LogP) is 3.46. The fourth-order valence-corrected chi connectivity index (χ4v) is 1.97. The van der Waals surface area contributed by atoms with Crippen LogP contribution >= 0.6 is 11.6 Å². The molecule has 21 heavy (non-hydrogen) atoms. The van der Waals surface area contributed by atoms with Gasteiger partial charge in [-0.15, -0.1) is 0 Å². The summed E-state index contributed by atoms with van der Waals surface area (Å²) in [6.45, 7) is 0.153. The normalized spacial score (nSPS) is 9.71. The number of amides is 1. The SMILES string of the molecule is N#CCc1ccc(NC(=O)CNc2cccc(Cl)c2)cc1. The summed E-state index contributed by atoms with van der Waals surface area (Å²) in [6, 6.07) is 16.5.